The molecule has 0 N–H and O–H groups in total. The van der Waals surface area contributed by atoms with Gasteiger partial charge < -0.3 is 4.74 Å². The lowest BCUT2D eigenvalue weighted by atomic mass is 9.91. The molecule has 124 valence electrons. The zero-order valence-corrected chi connectivity index (χ0v) is 10.7. The van der Waals surface area contributed by atoms with Crippen LogP contribution < -0.4 is 0 Å². The van der Waals surface area contributed by atoms with E-state index < -0.39 is 49.1 Å². The summed E-state index contributed by atoms with van der Waals surface area (Å²) in [5.41, 5.74) is 0. The first-order valence-electron chi connectivity index (χ1n) is 5.53. The number of hydrogen-bond acceptors (Lipinski definition) is 2. The second-order valence-corrected chi connectivity index (χ2v) is 4.18. The van der Waals surface area contributed by atoms with Crippen LogP contribution in [0.2, 0.25) is 0 Å². The number of esters is 1. The maximum Gasteiger partial charge on any atom is 0.378 e. The minimum Gasteiger partial charge on any atom is -0.463 e. The topological polar surface area (TPSA) is 26.3 Å². The van der Waals surface area contributed by atoms with Crippen molar-refractivity contribution in [3.8, 4) is 0 Å². The quantitative estimate of drug-likeness (QED) is 0.384. The Labute approximate surface area is 114 Å². The molecule has 10 heteroatoms. The van der Waals surface area contributed by atoms with Crippen molar-refractivity contribution < 1.29 is 44.7 Å². The van der Waals surface area contributed by atoms with Gasteiger partial charge in [-0.05, 0) is 6.42 Å². The van der Waals surface area contributed by atoms with Crippen LogP contribution in [0.3, 0.4) is 0 Å². The van der Waals surface area contributed by atoms with E-state index in [0.29, 0.717) is 13.0 Å². The molecule has 1 atom stereocenters. The van der Waals surface area contributed by atoms with Crippen molar-refractivity contribution >= 4 is 5.97 Å². The van der Waals surface area contributed by atoms with E-state index >= 15 is 0 Å². The number of rotatable bonds is 8. The summed E-state index contributed by atoms with van der Waals surface area (Å²) >= 11 is 0. The third kappa shape index (κ3) is 3.85. The molecule has 2 nitrogen and oxygen atoms in total. The van der Waals surface area contributed by atoms with Gasteiger partial charge in [-0.25, -0.2) is 13.6 Å². The molecule has 1 unspecified atom stereocenters. The Morgan fingerprint density at radius 2 is 1.62 bits per heavy atom. The summed E-state index contributed by atoms with van der Waals surface area (Å²) in [7, 11) is 0. The molecule has 0 saturated carbocycles. The van der Waals surface area contributed by atoms with Crippen LogP contribution >= 0.6 is 0 Å². The van der Waals surface area contributed by atoms with Crippen molar-refractivity contribution in [2.24, 2.45) is 5.92 Å². The molecule has 0 bridgehead atoms. The van der Waals surface area contributed by atoms with E-state index in [1.165, 1.54) is 0 Å². The van der Waals surface area contributed by atoms with E-state index in [-0.39, 0.29) is 0 Å². The summed E-state index contributed by atoms with van der Waals surface area (Å²) in [6.45, 7) is 2.65. The van der Waals surface area contributed by atoms with Crippen molar-refractivity contribution in [3.63, 3.8) is 0 Å². The highest BCUT2D eigenvalue weighted by Gasteiger charge is 2.76. The van der Waals surface area contributed by atoms with Gasteiger partial charge in [0.05, 0.1) is 6.61 Å². The summed E-state index contributed by atoms with van der Waals surface area (Å²) < 4.78 is 106. The fraction of sp³-hybridized carbons (Fsp3) is 0.727. The molecule has 0 aliphatic rings. The maximum absolute atomic E-state index is 13.3. The van der Waals surface area contributed by atoms with Crippen molar-refractivity contribution in [2.45, 2.75) is 37.5 Å². The summed E-state index contributed by atoms with van der Waals surface area (Å²) in [6.07, 6.45) is -5.21. The lowest BCUT2D eigenvalue weighted by Crippen LogP contribution is -2.59. The molecule has 0 spiro atoms. The summed E-state index contributed by atoms with van der Waals surface area (Å²) in [5, 5.41) is 0. The predicted molar refractivity (Wildman–Crippen MR) is 55.8 cm³/mol. The molecule has 0 aliphatic heterocycles. The number of carbonyl (C=O) groups is 1. The Morgan fingerprint density at radius 3 is 2.00 bits per heavy atom. The summed E-state index contributed by atoms with van der Waals surface area (Å²) in [5.74, 6) is -21.3. The Kier molecular flexibility index (Phi) is 6.18. The van der Waals surface area contributed by atoms with E-state index in [2.05, 4.69) is 11.3 Å². The van der Waals surface area contributed by atoms with E-state index in [9.17, 15) is 39.9 Å². The zero-order valence-electron chi connectivity index (χ0n) is 10.7. The number of ether oxygens (including phenoxy) is 1. The molecule has 0 aromatic carbocycles. The lowest BCUT2D eigenvalue weighted by molar-refractivity contribution is -0.349. The van der Waals surface area contributed by atoms with Crippen molar-refractivity contribution in [3.05, 3.63) is 12.7 Å². The Balaban J connectivity index is 5.00. The van der Waals surface area contributed by atoms with Gasteiger partial charge >= 0.3 is 30.2 Å². The average molecular weight is 328 g/mol. The Bertz CT molecular complexity index is 380. The fourth-order valence-corrected chi connectivity index (χ4v) is 1.25. The van der Waals surface area contributed by atoms with Crippen LogP contribution in [-0.4, -0.2) is 36.8 Å². The molecule has 0 rings (SSSR count). The Morgan fingerprint density at radius 1 is 1.14 bits per heavy atom. The summed E-state index contributed by atoms with van der Waals surface area (Å²) in [6, 6.07) is 0. The van der Waals surface area contributed by atoms with Crippen LogP contribution in [0.25, 0.3) is 0 Å². The van der Waals surface area contributed by atoms with Gasteiger partial charge in [0.2, 0.25) is 0 Å². The molecule has 0 heterocycles. The highest BCUT2D eigenvalue weighted by atomic mass is 19.4. The van der Waals surface area contributed by atoms with E-state index in [0.717, 1.165) is 0 Å². The number of alkyl halides is 8. The molecule has 0 saturated heterocycles. The third-order valence-corrected chi connectivity index (χ3v) is 2.69. The van der Waals surface area contributed by atoms with Gasteiger partial charge in [-0.1, -0.05) is 13.5 Å². The largest absolute Gasteiger partial charge is 0.463 e. The SMILES string of the molecule is C=CC(=O)OCCC(C)C(F)(F)C(F)(F)C(F)(F)C(F)F. The van der Waals surface area contributed by atoms with Crippen molar-refractivity contribution in [1.29, 1.82) is 0 Å². The molecule has 21 heavy (non-hydrogen) atoms. The van der Waals surface area contributed by atoms with Gasteiger partial charge in [-0.2, -0.15) is 26.3 Å². The summed E-state index contributed by atoms with van der Waals surface area (Å²) in [4.78, 5) is 10.6. The van der Waals surface area contributed by atoms with Gasteiger partial charge in [-0.15, -0.1) is 0 Å². The number of halogens is 8. The minimum absolute atomic E-state index is 0.456. The highest BCUT2D eigenvalue weighted by Crippen LogP contribution is 2.51. The zero-order chi connectivity index (χ0) is 17.1. The van der Waals surface area contributed by atoms with Gasteiger partial charge in [0.25, 0.3) is 0 Å². The predicted octanol–water partition coefficient (Wildman–Crippen LogP) is 3.91. The van der Waals surface area contributed by atoms with Crippen molar-refractivity contribution in [1.82, 2.24) is 0 Å². The third-order valence-electron chi connectivity index (χ3n) is 2.69. The molecule has 0 radical (unpaired) electrons. The van der Waals surface area contributed by atoms with Gasteiger partial charge in [0.1, 0.15) is 0 Å². The van der Waals surface area contributed by atoms with Gasteiger partial charge in [0, 0.05) is 12.0 Å². The molecule has 0 aliphatic carbocycles. The van der Waals surface area contributed by atoms with E-state index in [1.807, 2.05) is 0 Å². The Hall–Kier alpha value is -1.35. The smallest absolute Gasteiger partial charge is 0.378 e. The number of hydrogen-bond donors (Lipinski definition) is 0. The van der Waals surface area contributed by atoms with E-state index in [4.69, 9.17) is 0 Å². The van der Waals surface area contributed by atoms with Crippen LogP contribution in [0.15, 0.2) is 12.7 Å². The van der Waals surface area contributed by atoms with Crippen LogP contribution in [-0.2, 0) is 9.53 Å². The maximum atomic E-state index is 13.3. The van der Waals surface area contributed by atoms with Crippen molar-refractivity contribution in [2.75, 3.05) is 6.61 Å². The fourth-order valence-electron chi connectivity index (χ4n) is 1.25. The first kappa shape index (κ1) is 19.7. The molecule has 0 aromatic rings. The number of carbonyl (C=O) groups excluding carboxylic acids is 1. The first-order chi connectivity index (χ1) is 9.32. The molecule has 0 fully saturated rings. The highest BCUT2D eigenvalue weighted by molar-refractivity contribution is 5.81. The lowest BCUT2D eigenvalue weighted by Gasteiger charge is -2.35. The normalized spacial score (nSPS) is 15.0. The van der Waals surface area contributed by atoms with Gasteiger partial charge in [-0.3, -0.25) is 0 Å². The monoisotopic (exact) mass is 328 g/mol. The van der Waals surface area contributed by atoms with Crippen LogP contribution in [0.4, 0.5) is 35.1 Å². The minimum atomic E-state index is -6.25. The molecular weight excluding hydrogens is 316 g/mol. The first-order valence-corrected chi connectivity index (χ1v) is 5.53. The second-order valence-electron chi connectivity index (χ2n) is 4.18. The molecular formula is C11H12F8O2. The molecule has 0 amide bonds. The van der Waals surface area contributed by atoms with Crippen LogP contribution in [0.1, 0.15) is 13.3 Å². The van der Waals surface area contributed by atoms with E-state index in [1.54, 1.807) is 0 Å². The van der Waals surface area contributed by atoms with Crippen LogP contribution in [0.5, 0.6) is 0 Å². The average Bonchev–Trinajstić information content (AvgIpc) is 2.37. The molecule has 0 aromatic heterocycles. The van der Waals surface area contributed by atoms with Gasteiger partial charge in [0.15, 0.2) is 0 Å². The second kappa shape index (κ2) is 6.61. The van der Waals surface area contributed by atoms with Crippen LogP contribution in [0, 0.1) is 5.92 Å². The standard InChI is InChI=1S/C11H12F8O2/c1-3-7(20)21-5-4-6(2)9(14,15)11(18,19)10(16,17)8(12)13/h3,6,8H,1,4-5H2,2H3.